The normalized spacial score (nSPS) is 23.9. The van der Waals surface area contributed by atoms with Crippen molar-refractivity contribution < 1.29 is 4.79 Å². The number of nitrogens with zero attached hydrogens (tertiary/aromatic N) is 3. The van der Waals surface area contributed by atoms with E-state index in [9.17, 15) is 4.79 Å². The van der Waals surface area contributed by atoms with Gasteiger partial charge >= 0.3 is 0 Å². The van der Waals surface area contributed by atoms with Crippen LogP contribution < -0.4 is 0 Å². The van der Waals surface area contributed by atoms with Crippen LogP contribution in [0.4, 0.5) is 0 Å². The second-order valence-corrected chi connectivity index (χ2v) is 4.13. The number of imidazole rings is 1. The second kappa shape index (κ2) is 3.93. The molecule has 16 heavy (non-hydrogen) atoms. The molecule has 1 heterocycles. The summed E-state index contributed by atoms with van der Waals surface area (Å²) in [6, 6.07) is 2.14. The molecule has 4 nitrogen and oxygen atoms in total. The van der Waals surface area contributed by atoms with Gasteiger partial charge in [-0.2, -0.15) is 5.26 Å². The Kier molecular flexibility index (Phi) is 2.61. The molecule has 0 amide bonds. The van der Waals surface area contributed by atoms with E-state index in [0.29, 0.717) is 17.8 Å². The van der Waals surface area contributed by atoms with Gasteiger partial charge in [0.1, 0.15) is 0 Å². The number of aromatic nitrogens is 2. The van der Waals surface area contributed by atoms with E-state index in [-0.39, 0.29) is 17.6 Å². The van der Waals surface area contributed by atoms with Gasteiger partial charge in [-0.25, -0.2) is 4.98 Å². The molecular weight excluding hydrogens is 202 g/mol. The lowest BCUT2D eigenvalue weighted by atomic mass is 9.89. The summed E-state index contributed by atoms with van der Waals surface area (Å²) in [5.74, 6) is 0.385. The average molecular weight is 215 g/mol. The molecular formula is C12H13N3O. The molecule has 1 aromatic rings. The molecule has 0 bridgehead atoms. The number of ketones is 1. The molecule has 0 unspecified atom stereocenters. The highest BCUT2D eigenvalue weighted by Gasteiger charge is 2.33. The lowest BCUT2D eigenvalue weighted by molar-refractivity contribution is 0.0888. The number of hydrogen-bond acceptors (Lipinski definition) is 3. The van der Waals surface area contributed by atoms with Gasteiger partial charge in [-0.1, -0.05) is 13.0 Å². The quantitative estimate of drug-likeness (QED) is 0.705. The fourth-order valence-corrected chi connectivity index (χ4v) is 2.11. The Balaban J connectivity index is 2.21. The molecule has 1 aliphatic carbocycles. The van der Waals surface area contributed by atoms with Crippen LogP contribution in [0.2, 0.25) is 0 Å². The first kappa shape index (κ1) is 10.6. The highest BCUT2D eigenvalue weighted by molar-refractivity contribution is 5.95. The van der Waals surface area contributed by atoms with Gasteiger partial charge in [-0.05, 0) is 6.42 Å². The summed E-state index contributed by atoms with van der Waals surface area (Å²) >= 11 is 0. The Morgan fingerprint density at radius 3 is 2.94 bits per heavy atom. The number of aryl methyl sites for hydroxylation is 1. The van der Waals surface area contributed by atoms with E-state index in [0.717, 1.165) is 0 Å². The summed E-state index contributed by atoms with van der Waals surface area (Å²) in [6.45, 7) is 1.92. The van der Waals surface area contributed by atoms with Crippen molar-refractivity contribution in [3.8, 4) is 6.07 Å². The molecule has 1 aliphatic rings. The highest BCUT2D eigenvalue weighted by Crippen LogP contribution is 2.33. The Hall–Kier alpha value is -1.89. The molecule has 4 heteroatoms. The first-order chi connectivity index (χ1) is 7.65. The van der Waals surface area contributed by atoms with Crippen molar-refractivity contribution in [3.05, 3.63) is 29.9 Å². The van der Waals surface area contributed by atoms with Crippen LogP contribution >= 0.6 is 0 Å². The van der Waals surface area contributed by atoms with Crippen molar-refractivity contribution in [3.63, 3.8) is 0 Å². The summed E-state index contributed by atoms with van der Waals surface area (Å²) in [6.07, 6.45) is 5.88. The minimum absolute atomic E-state index is 0.00852. The summed E-state index contributed by atoms with van der Waals surface area (Å²) < 4.78 is 1.72. The number of Topliss-reactive ketones (excluding diaryl/α,β-unsaturated/α-hetero) is 1. The molecule has 1 aromatic heterocycles. The predicted octanol–water partition coefficient (Wildman–Crippen LogP) is 1.71. The molecule has 0 saturated heterocycles. The smallest absolute Gasteiger partial charge is 0.202 e. The summed E-state index contributed by atoms with van der Waals surface area (Å²) in [5, 5.41) is 8.87. The van der Waals surface area contributed by atoms with Crippen molar-refractivity contribution in [1.29, 1.82) is 5.26 Å². The number of allylic oxidation sites excluding steroid dienone is 2. The van der Waals surface area contributed by atoms with E-state index in [2.05, 4.69) is 11.1 Å². The molecule has 0 aliphatic heterocycles. The molecule has 82 valence electrons. The number of carbonyl (C=O) groups excluding carboxylic acids is 1. The summed E-state index contributed by atoms with van der Waals surface area (Å²) in [4.78, 5) is 16.2. The van der Waals surface area contributed by atoms with Crippen LogP contribution in [0.1, 0.15) is 24.0 Å². The fourth-order valence-electron chi connectivity index (χ4n) is 2.11. The van der Waals surface area contributed by atoms with Gasteiger partial charge in [-0.3, -0.25) is 4.79 Å². The summed E-state index contributed by atoms with van der Waals surface area (Å²) in [7, 11) is 1.80. The lowest BCUT2D eigenvalue weighted by Crippen LogP contribution is -2.22. The minimum atomic E-state index is -0.129. The van der Waals surface area contributed by atoms with E-state index >= 15 is 0 Å². The lowest BCUT2D eigenvalue weighted by Gasteiger charge is -2.14. The maximum Gasteiger partial charge on any atom is 0.202 e. The Bertz CT molecular complexity index is 493. The topological polar surface area (TPSA) is 58.7 Å². The first-order valence-electron chi connectivity index (χ1n) is 5.27. The van der Waals surface area contributed by atoms with Gasteiger partial charge in [-0.15, -0.1) is 0 Å². The van der Waals surface area contributed by atoms with Gasteiger partial charge in [0, 0.05) is 36.9 Å². The van der Waals surface area contributed by atoms with Crippen LogP contribution in [0.5, 0.6) is 0 Å². The van der Waals surface area contributed by atoms with E-state index in [1.807, 2.05) is 13.0 Å². The van der Waals surface area contributed by atoms with Crippen molar-refractivity contribution in [1.82, 2.24) is 9.55 Å². The molecule has 0 fully saturated rings. The van der Waals surface area contributed by atoms with Gasteiger partial charge in [0.05, 0.1) is 6.07 Å². The molecule has 0 radical (unpaired) electrons. The number of carbonyl (C=O) groups is 1. The van der Waals surface area contributed by atoms with Gasteiger partial charge in [0.25, 0.3) is 0 Å². The summed E-state index contributed by atoms with van der Waals surface area (Å²) in [5.41, 5.74) is 0.715. The molecule has 0 saturated carbocycles. The van der Waals surface area contributed by atoms with Crippen molar-refractivity contribution >= 4 is 5.78 Å². The van der Waals surface area contributed by atoms with Crippen LogP contribution in [0, 0.1) is 23.2 Å². The van der Waals surface area contributed by atoms with Crippen molar-refractivity contribution in [2.45, 2.75) is 13.3 Å². The number of nitriles is 1. The third-order valence-electron chi connectivity index (χ3n) is 3.19. The van der Waals surface area contributed by atoms with Crippen LogP contribution in [-0.4, -0.2) is 15.3 Å². The van der Waals surface area contributed by atoms with E-state index in [1.165, 1.54) is 0 Å². The van der Waals surface area contributed by atoms with Crippen molar-refractivity contribution in [2.75, 3.05) is 0 Å². The Labute approximate surface area is 94.2 Å². The number of rotatable bonds is 2. The largest absolute Gasteiger partial charge is 0.332 e. The zero-order valence-corrected chi connectivity index (χ0v) is 9.34. The van der Waals surface area contributed by atoms with Crippen LogP contribution in [0.25, 0.3) is 0 Å². The van der Waals surface area contributed by atoms with E-state index in [4.69, 9.17) is 5.26 Å². The zero-order chi connectivity index (χ0) is 11.7. The van der Waals surface area contributed by atoms with Gasteiger partial charge in [0.2, 0.25) is 5.78 Å². The standard InChI is InChI=1S/C12H13N3O/c1-8-9(7-13)3-4-10(8)11(16)12-14-5-6-15(12)2/h3,5-6,8,10H,4H2,1-2H3/t8-,10+/m0/s1. The van der Waals surface area contributed by atoms with Crippen LogP contribution in [0.3, 0.4) is 0 Å². The van der Waals surface area contributed by atoms with Gasteiger partial charge < -0.3 is 4.57 Å². The average Bonchev–Trinajstić information content (AvgIpc) is 2.84. The monoisotopic (exact) mass is 215 g/mol. The third-order valence-corrected chi connectivity index (χ3v) is 3.19. The number of hydrogen-bond donors (Lipinski definition) is 0. The third kappa shape index (κ3) is 1.54. The first-order valence-corrected chi connectivity index (χ1v) is 5.27. The van der Waals surface area contributed by atoms with Crippen LogP contribution in [0.15, 0.2) is 24.0 Å². The molecule has 0 spiro atoms. The Morgan fingerprint density at radius 1 is 1.69 bits per heavy atom. The SMILES string of the molecule is C[C@H]1C(C#N)=CC[C@H]1C(=O)c1nccn1C. The molecule has 0 aromatic carbocycles. The van der Waals surface area contributed by atoms with E-state index < -0.39 is 0 Å². The van der Waals surface area contributed by atoms with Crippen molar-refractivity contribution in [2.24, 2.45) is 18.9 Å². The van der Waals surface area contributed by atoms with Crippen LogP contribution in [-0.2, 0) is 7.05 Å². The molecule has 2 rings (SSSR count). The highest BCUT2D eigenvalue weighted by atomic mass is 16.1. The van der Waals surface area contributed by atoms with Gasteiger partial charge in [0.15, 0.2) is 5.82 Å². The second-order valence-electron chi connectivity index (χ2n) is 4.13. The minimum Gasteiger partial charge on any atom is -0.332 e. The molecule has 2 atom stereocenters. The van der Waals surface area contributed by atoms with E-state index in [1.54, 1.807) is 24.0 Å². The maximum atomic E-state index is 12.2. The maximum absolute atomic E-state index is 12.2. The predicted molar refractivity (Wildman–Crippen MR) is 58.5 cm³/mol. The fraction of sp³-hybridized carbons (Fsp3) is 0.417. The molecule has 0 N–H and O–H groups in total. The zero-order valence-electron chi connectivity index (χ0n) is 9.34. The Morgan fingerprint density at radius 2 is 2.44 bits per heavy atom.